The Labute approximate surface area is 177 Å². The van der Waals surface area contributed by atoms with Crippen LogP contribution in [0.4, 0.5) is 0 Å². The number of carbonyl (C=O) groups is 1. The molecule has 0 aromatic rings. The third-order valence-corrected chi connectivity index (χ3v) is 5.53. The molecule has 2 heterocycles. The van der Waals surface area contributed by atoms with E-state index in [1.54, 1.807) is 0 Å². The maximum Gasteiger partial charge on any atom is 0.141 e. The van der Waals surface area contributed by atoms with Gasteiger partial charge in [-0.1, -0.05) is 54.4 Å². The summed E-state index contributed by atoms with van der Waals surface area (Å²) in [5.74, 6) is 1.59. The summed E-state index contributed by atoms with van der Waals surface area (Å²) in [6, 6.07) is 0. The van der Waals surface area contributed by atoms with Crippen molar-refractivity contribution in [1.82, 2.24) is 10.2 Å². The Kier molecular flexibility index (Phi) is 17.3. The van der Waals surface area contributed by atoms with E-state index in [1.807, 2.05) is 27.7 Å². The average molecular weight is 404 g/mol. The van der Waals surface area contributed by atoms with Gasteiger partial charge in [0.15, 0.2) is 0 Å². The lowest BCUT2D eigenvalue weighted by atomic mass is 9.62. The van der Waals surface area contributed by atoms with Crippen molar-refractivity contribution in [2.45, 2.75) is 92.5 Å². The van der Waals surface area contributed by atoms with Gasteiger partial charge in [0.1, 0.15) is 5.78 Å². The van der Waals surface area contributed by atoms with Crippen molar-refractivity contribution in [2.75, 3.05) is 39.8 Å². The lowest BCUT2D eigenvalue weighted by Gasteiger charge is -2.54. The van der Waals surface area contributed by atoms with Gasteiger partial charge in [0, 0.05) is 33.6 Å². The van der Waals surface area contributed by atoms with Crippen molar-refractivity contribution in [2.24, 2.45) is 17.1 Å². The Hall–Kier alpha value is -0.490. The minimum absolute atomic E-state index is 0. The van der Waals surface area contributed by atoms with Crippen molar-refractivity contribution >= 4 is 5.78 Å². The molecule has 5 heteroatoms. The molecule has 1 spiro atoms. The molecular formula is C23H53N3O2. The van der Waals surface area contributed by atoms with Crippen molar-refractivity contribution in [3.8, 4) is 0 Å². The van der Waals surface area contributed by atoms with E-state index in [0.717, 1.165) is 71.4 Å². The predicted molar refractivity (Wildman–Crippen MR) is 125 cm³/mol. The van der Waals surface area contributed by atoms with E-state index >= 15 is 0 Å². The molecule has 0 unspecified atom stereocenters. The van der Waals surface area contributed by atoms with Crippen LogP contribution in [-0.2, 0) is 4.79 Å². The normalized spacial score (nSPS) is 23.0. The van der Waals surface area contributed by atoms with Gasteiger partial charge in [0.05, 0.1) is 5.41 Å². The number of rotatable bonds is 1. The zero-order valence-electron chi connectivity index (χ0n) is 20.2. The van der Waals surface area contributed by atoms with Crippen LogP contribution in [0.25, 0.3) is 0 Å². The van der Waals surface area contributed by atoms with Crippen LogP contribution in [0.1, 0.15) is 88.4 Å². The number of nitrogens with one attached hydrogen (secondary N) is 1. The number of Topliss-reactive ketones (excluding diaryl/α,β-unsaturated/α-hetero) is 1. The first-order valence-corrected chi connectivity index (χ1v) is 11.6. The van der Waals surface area contributed by atoms with Crippen LogP contribution in [-0.4, -0.2) is 61.2 Å². The number of likely N-dealkylation sites (tertiary alicyclic amines) is 1. The quantitative estimate of drug-likeness (QED) is 0.615. The predicted octanol–water partition coefficient (Wildman–Crippen LogP) is 4.08. The highest BCUT2D eigenvalue weighted by Gasteiger charge is 2.53. The van der Waals surface area contributed by atoms with Crippen LogP contribution in [0.3, 0.4) is 0 Å². The third-order valence-electron chi connectivity index (χ3n) is 5.53. The maximum atomic E-state index is 11.1. The Morgan fingerprint density at radius 1 is 1.11 bits per heavy atom. The molecule has 4 fully saturated rings. The fourth-order valence-corrected chi connectivity index (χ4v) is 3.11. The number of piperidine rings is 1. The summed E-state index contributed by atoms with van der Waals surface area (Å²) < 4.78 is 0. The molecule has 5 nitrogen and oxygen atoms in total. The van der Waals surface area contributed by atoms with Crippen molar-refractivity contribution < 1.29 is 11.3 Å². The number of carbonyl (C=O) groups excluding carboxylic acids is 1. The standard InChI is InChI=1S/C8H13NO.C6H14N2.C4H8.2C2H6.CH4O.H2/c1-2-9-5-8(6-9)4-3-7(8)10;1-6(7)2-4-8-5-3-6;1-4-2-3-4;3*1-2;/h2-6H2,1H3;8H,2-5,7H2,1H3;4H,2-3H2,1H3;2*1-2H3;2H,1H3;1H. The van der Waals surface area contributed by atoms with Gasteiger partial charge in [-0.3, -0.25) is 4.79 Å². The summed E-state index contributed by atoms with van der Waals surface area (Å²) in [6.07, 6.45) is 7.21. The zero-order chi connectivity index (χ0) is 22.2. The van der Waals surface area contributed by atoms with Gasteiger partial charge in [-0.15, -0.1) is 0 Å². The first-order chi connectivity index (χ1) is 13.4. The van der Waals surface area contributed by atoms with Crippen LogP contribution >= 0.6 is 0 Å². The van der Waals surface area contributed by atoms with Gasteiger partial charge in [0.2, 0.25) is 0 Å². The summed E-state index contributed by atoms with van der Waals surface area (Å²) in [6.45, 7) is 19.9. The van der Waals surface area contributed by atoms with E-state index in [1.165, 1.54) is 12.8 Å². The summed E-state index contributed by atoms with van der Waals surface area (Å²) >= 11 is 0. The van der Waals surface area contributed by atoms with Crippen LogP contribution in [0, 0.1) is 11.3 Å². The SMILES string of the molecule is CC.CC.CC1(N)CCNCC1.CC1CC1.CCN1CC2(CCC2=O)C1.CO.[HH]. The van der Waals surface area contributed by atoms with Crippen molar-refractivity contribution in [1.29, 1.82) is 0 Å². The van der Waals surface area contributed by atoms with Crippen LogP contribution in [0.2, 0.25) is 0 Å². The molecule has 172 valence electrons. The molecule has 4 aliphatic rings. The fourth-order valence-electron chi connectivity index (χ4n) is 3.11. The summed E-state index contributed by atoms with van der Waals surface area (Å²) in [5.41, 5.74) is 6.12. The molecule has 28 heavy (non-hydrogen) atoms. The van der Waals surface area contributed by atoms with E-state index < -0.39 is 0 Å². The molecule has 0 aromatic heterocycles. The number of hydrogen-bond acceptors (Lipinski definition) is 5. The Morgan fingerprint density at radius 2 is 1.54 bits per heavy atom. The topological polar surface area (TPSA) is 78.6 Å². The number of aliphatic hydroxyl groups is 1. The number of nitrogens with zero attached hydrogens (tertiary/aromatic N) is 1. The van der Waals surface area contributed by atoms with Crippen LogP contribution in [0.15, 0.2) is 0 Å². The molecule has 0 bridgehead atoms. The Balaban J connectivity index is -0.000000320. The number of ketones is 1. The molecule has 0 atom stereocenters. The van der Waals surface area contributed by atoms with E-state index in [9.17, 15) is 4.79 Å². The minimum Gasteiger partial charge on any atom is -0.400 e. The summed E-state index contributed by atoms with van der Waals surface area (Å²) in [5, 5.41) is 10.3. The summed E-state index contributed by atoms with van der Waals surface area (Å²) in [7, 11) is 1.00. The molecule has 2 saturated heterocycles. The molecular weight excluding hydrogens is 350 g/mol. The van der Waals surface area contributed by atoms with Crippen LogP contribution in [0.5, 0.6) is 0 Å². The van der Waals surface area contributed by atoms with E-state index in [2.05, 4.69) is 31.0 Å². The van der Waals surface area contributed by atoms with Crippen LogP contribution < -0.4 is 11.1 Å². The van der Waals surface area contributed by atoms with Crippen molar-refractivity contribution in [3.63, 3.8) is 0 Å². The number of aliphatic hydroxyl groups excluding tert-OH is 1. The minimum atomic E-state index is 0. The molecule has 0 radical (unpaired) electrons. The zero-order valence-corrected chi connectivity index (χ0v) is 20.2. The van der Waals surface area contributed by atoms with Gasteiger partial charge in [0.25, 0.3) is 0 Å². The number of hydrogen-bond donors (Lipinski definition) is 3. The molecule has 4 rings (SSSR count). The first kappa shape index (κ1) is 29.7. The van der Waals surface area contributed by atoms with Gasteiger partial charge < -0.3 is 21.1 Å². The molecule has 2 saturated carbocycles. The second-order valence-electron chi connectivity index (χ2n) is 8.09. The highest BCUT2D eigenvalue weighted by molar-refractivity contribution is 5.91. The lowest BCUT2D eigenvalue weighted by Crippen LogP contribution is -2.64. The molecule has 2 aliphatic heterocycles. The molecule has 4 N–H and O–H groups in total. The molecule has 0 amide bonds. The van der Waals surface area contributed by atoms with Gasteiger partial charge in [-0.2, -0.15) is 0 Å². The largest absolute Gasteiger partial charge is 0.400 e. The maximum absolute atomic E-state index is 11.1. The van der Waals surface area contributed by atoms with Crippen molar-refractivity contribution in [3.05, 3.63) is 0 Å². The highest BCUT2D eigenvalue weighted by atomic mass is 16.2. The smallest absolute Gasteiger partial charge is 0.141 e. The second-order valence-corrected chi connectivity index (χ2v) is 8.09. The third kappa shape index (κ3) is 11.5. The monoisotopic (exact) mass is 403 g/mol. The van der Waals surface area contributed by atoms with E-state index in [4.69, 9.17) is 10.8 Å². The molecule has 2 aliphatic carbocycles. The fraction of sp³-hybridized carbons (Fsp3) is 0.957. The second kappa shape index (κ2) is 16.3. The van der Waals surface area contributed by atoms with E-state index in [-0.39, 0.29) is 12.4 Å². The Bertz CT molecular complexity index is 374. The van der Waals surface area contributed by atoms with Gasteiger partial charge >= 0.3 is 0 Å². The number of nitrogens with two attached hydrogens (primary N) is 1. The van der Waals surface area contributed by atoms with Gasteiger partial charge in [-0.25, -0.2) is 0 Å². The average Bonchev–Trinajstić information content (AvgIpc) is 3.48. The Morgan fingerprint density at radius 3 is 1.71 bits per heavy atom. The van der Waals surface area contributed by atoms with E-state index in [0.29, 0.717) is 5.78 Å². The lowest BCUT2D eigenvalue weighted by molar-refractivity contribution is -0.152. The first-order valence-electron chi connectivity index (χ1n) is 11.6. The summed E-state index contributed by atoms with van der Waals surface area (Å²) in [4.78, 5) is 13.4. The highest BCUT2D eigenvalue weighted by Crippen LogP contribution is 2.44. The molecule has 0 aromatic carbocycles. The van der Waals surface area contributed by atoms with Gasteiger partial charge in [-0.05, 0) is 51.7 Å².